The molecule has 0 amide bonds. The van der Waals surface area contributed by atoms with Crippen LogP contribution in [0.25, 0.3) is 0 Å². The van der Waals surface area contributed by atoms with Crippen LogP contribution in [-0.4, -0.2) is 24.0 Å². The Balaban J connectivity index is 1.67. The zero-order valence-corrected chi connectivity index (χ0v) is 12.1. The van der Waals surface area contributed by atoms with Gasteiger partial charge in [0.05, 0.1) is 24.4 Å². The van der Waals surface area contributed by atoms with Crippen molar-refractivity contribution in [2.24, 2.45) is 0 Å². The van der Waals surface area contributed by atoms with Gasteiger partial charge in [-0.3, -0.25) is 4.79 Å². The van der Waals surface area contributed by atoms with E-state index in [4.69, 9.17) is 4.74 Å². The van der Waals surface area contributed by atoms with Gasteiger partial charge < -0.3 is 4.74 Å². The van der Waals surface area contributed by atoms with E-state index < -0.39 is 0 Å². The Bertz CT molecular complexity index is 566. The van der Waals surface area contributed by atoms with Crippen LogP contribution in [0.4, 0.5) is 4.39 Å². The van der Waals surface area contributed by atoms with E-state index in [1.54, 1.807) is 11.3 Å². The number of hydrogen-bond acceptors (Lipinski definition) is 4. The van der Waals surface area contributed by atoms with Crippen molar-refractivity contribution < 1.29 is 13.9 Å². The Morgan fingerprint density at radius 2 is 2.05 bits per heavy atom. The molecule has 0 aliphatic rings. The molecule has 0 spiro atoms. The molecule has 1 heterocycles. The minimum absolute atomic E-state index is 0.0287. The number of carbonyl (C=O) groups is 1. The summed E-state index contributed by atoms with van der Waals surface area (Å²) in [7, 11) is 0. The number of aryl methyl sites for hydroxylation is 1. The lowest BCUT2D eigenvalue weighted by Crippen LogP contribution is -2.06. The molecular weight excluding hydrogens is 277 g/mol. The third-order valence-corrected chi connectivity index (χ3v) is 3.95. The van der Waals surface area contributed by atoms with E-state index in [0.29, 0.717) is 25.2 Å². The Morgan fingerprint density at radius 1 is 1.30 bits per heavy atom. The number of halogens is 1. The summed E-state index contributed by atoms with van der Waals surface area (Å²) in [4.78, 5) is 17.2. The zero-order valence-electron chi connectivity index (χ0n) is 11.3. The number of hydrogen-bond donors (Lipinski definition) is 0. The maximum Gasteiger partial charge on any atom is 0.165 e. The fraction of sp³-hybridized carbons (Fsp3) is 0.333. The van der Waals surface area contributed by atoms with Crippen LogP contribution in [0.2, 0.25) is 0 Å². The number of aromatic nitrogens is 1. The van der Waals surface area contributed by atoms with Gasteiger partial charge in [0.1, 0.15) is 5.82 Å². The zero-order chi connectivity index (χ0) is 14.4. The van der Waals surface area contributed by atoms with E-state index in [-0.39, 0.29) is 11.6 Å². The van der Waals surface area contributed by atoms with Crippen LogP contribution in [0.5, 0.6) is 0 Å². The van der Waals surface area contributed by atoms with Gasteiger partial charge in [0.25, 0.3) is 0 Å². The van der Waals surface area contributed by atoms with Gasteiger partial charge in [-0.05, 0) is 31.2 Å². The van der Waals surface area contributed by atoms with Crippen molar-refractivity contribution >= 4 is 17.1 Å². The predicted molar refractivity (Wildman–Crippen MR) is 76.7 cm³/mol. The van der Waals surface area contributed by atoms with Crippen LogP contribution in [0.15, 0.2) is 29.8 Å². The number of nitrogens with zero attached hydrogens (tertiary/aromatic N) is 1. The SMILES string of the molecule is Cc1ncsc1CCOCCC(=O)c1ccc(F)cc1. The molecule has 0 fully saturated rings. The second-order valence-corrected chi connectivity index (χ2v) is 5.34. The molecule has 1 aromatic heterocycles. The minimum atomic E-state index is -0.335. The molecule has 5 heteroatoms. The third kappa shape index (κ3) is 4.21. The van der Waals surface area contributed by atoms with E-state index in [0.717, 1.165) is 12.1 Å². The molecule has 0 atom stereocenters. The summed E-state index contributed by atoms with van der Waals surface area (Å²) in [5, 5.41) is 0. The molecule has 0 unspecified atom stereocenters. The van der Waals surface area contributed by atoms with Crippen molar-refractivity contribution in [3.05, 3.63) is 51.7 Å². The highest BCUT2D eigenvalue weighted by Gasteiger charge is 2.06. The quantitative estimate of drug-likeness (QED) is 0.580. The normalized spacial score (nSPS) is 10.7. The van der Waals surface area contributed by atoms with Gasteiger partial charge in [0, 0.05) is 23.3 Å². The first kappa shape index (κ1) is 14.8. The first-order chi connectivity index (χ1) is 9.66. The fourth-order valence-electron chi connectivity index (χ4n) is 1.78. The number of Topliss-reactive ketones (excluding diaryl/α,β-unsaturated/α-hetero) is 1. The largest absolute Gasteiger partial charge is 0.381 e. The Hall–Kier alpha value is -1.59. The molecule has 1 aromatic carbocycles. The summed E-state index contributed by atoms with van der Waals surface area (Å²) in [6, 6.07) is 5.58. The van der Waals surface area contributed by atoms with Crippen molar-refractivity contribution in [3.63, 3.8) is 0 Å². The third-order valence-electron chi connectivity index (χ3n) is 2.96. The average molecular weight is 293 g/mol. The molecule has 20 heavy (non-hydrogen) atoms. The fourth-order valence-corrected chi connectivity index (χ4v) is 2.54. The number of rotatable bonds is 7. The molecule has 0 aliphatic heterocycles. The molecule has 3 nitrogen and oxygen atoms in total. The molecular formula is C15H16FNO2S. The number of carbonyl (C=O) groups excluding carboxylic acids is 1. The van der Waals surface area contributed by atoms with Crippen molar-refractivity contribution in [1.82, 2.24) is 4.98 Å². The van der Waals surface area contributed by atoms with E-state index in [9.17, 15) is 9.18 Å². The number of ketones is 1. The number of ether oxygens (including phenoxy) is 1. The molecule has 0 saturated heterocycles. The van der Waals surface area contributed by atoms with Gasteiger partial charge in [-0.1, -0.05) is 0 Å². The summed E-state index contributed by atoms with van der Waals surface area (Å²) in [6.45, 7) is 2.94. The standard InChI is InChI=1S/C15H16FNO2S/c1-11-15(20-10-17-11)7-9-19-8-6-14(18)12-2-4-13(16)5-3-12/h2-5,10H,6-9H2,1H3. The van der Waals surface area contributed by atoms with Crippen LogP contribution >= 0.6 is 11.3 Å². The highest BCUT2D eigenvalue weighted by molar-refractivity contribution is 7.09. The lowest BCUT2D eigenvalue weighted by molar-refractivity contribution is 0.0883. The van der Waals surface area contributed by atoms with Crippen LogP contribution in [0.1, 0.15) is 27.3 Å². The summed E-state index contributed by atoms with van der Waals surface area (Å²) in [6.07, 6.45) is 1.13. The number of thiazole rings is 1. The van der Waals surface area contributed by atoms with E-state index >= 15 is 0 Å². The second kappa shape index (κ2) is 7.26. The first-order valence-electron chi connectivity index (χ1n) is 6.42. The average Bonchev–Trinajstić information content (AvgIpc) is 2.84. The van der Waals surface area contributed by atoms with Gasteiger partial charge in [-0.25, -0.2) is 9.37 Å². The maximum atomic E-state index is 12.7. The molecule has 0 N–H and O–H groups in total. The molecule has 2 rings (SSSR count). The monoisotopic (exact) mass is 293 g/mol. The highest BCUT2D eigenvalue weighted by atomic mass is 32.1. The van der Waals surface area contributed by atoms with Crippen LogP contribution in [0.3, 0.4) is 0 Å². The first-order valence-corrected chi connectivity index (χ1v) is 7.30. The van der Waals surface area contributed by atoms with Gasteiger partial charge in [-0.2, -0.15) is 0 Å². The van der Waals surface area contributed by atoms with Gasteiger partial charge in [0.15, 0.2) is 5.78 Å². The minimum Gasteiger partial charge on any atom is -0.381 e. The van der Waals surface area contributed by atoms with Crippen molar-refractivity contribution in [2.75, 3.05) is 13.2 Å². The molecule has 0 radical (unpaired) electrons. The second-order valence-electron chi connectivity index (χ2n) is 4.40. The molecule has 0 bridgehead atoms. The van der Waals surface area contributed by atoms with Crippen LogP contribution in [-0.2, 0) is 11.2 Å². The summed E-state index contributed by atoms with van der Waals surface area (Å²) in [5.74, 6) is -0.364. The molecule has 2 aromatic rings. The molecule has 0 saturated carbocycles. The summed E-state index contributed by atoms with van der Waals surface area (Å²) in [5.41, 5.74) is 3.39. The number of benzene rings is 1. The summed E-state index contributed by atoms with van der Waals surface area (Å²) >= 11 is 1.62. The van der Waals surface area contributed by atoms with Gasteiger partial charge in [-0.15, -0.1) is 11.3 Å². The highest BCUT2D eigenvalue weighted by Crippen LogP contribution is 2.12. The van der Waals surface area contributed by atoms with E-state index in [2.05, 4.69) is 4.98 Å². The lowest BCUT2D eigenvalue weighted by atomic mass is 10.1. The van der Waals surface area contributed by atoms with Crippen LogP contribution < -0.4 is 0 Å². The smallest absolute Gasteiger partial charge is 0.165 e. The maximum absolute atomic E-state index is 12.7. The predicted octanol–water partition coefficient (Wildman–Crippen LogP) is 3.42. The van der Waals surface area contributed by atoms with Crippen LogP contribution in [0, 0.1) is 12.7 Å². The van der Waals surface area contributed by atoms with E-state index in [1.807, 2.05) is 12.4 Å². The Labute approximate surface area is 121 Å². The summed E-state index contributed by atoms with van der Waals surface area (Å²) < 4.78 is 18.2. The van der Waals surface area contributed by atoms with Crippen molar-refractivity contribution in [3.8, 4) is 0 Å². The molecule has 0 aliphatic carbocycles. The Morgan fingerprint density at radius 3 is 2.70 bits per heavy atom. The topological polar surface area (TPSA) is 39.2 Å². The van der Waals surface area contributed by atoms with E-state index in [1.165, 1.54) is 29.1 Å². The van der Waals surface area contributed by atoms with Crippen molar-refractivity contribution in [1.29, 1.82) is 0 Å². The van der Waals surface area contributed by atoms with Crippen molar-refractivity contribution in [2.45, 2.75) is 19.8 Å². The Kier molecular flexibility index (Phi) is 5.38. The lowest BCUT2D eigenvalue weighted by Gasteiger charge is -2.04. The van der Waals surface area contributed by atoms with Gasteiger partial charge >= 0.3 is 0 Å². The van der Waals surface area contributed by atoms with Gasteiger partial charge in [0.2, 0.25) is 0 Å². The molecule has 106 valence electrons.